The average molecular weight is 587 g/mol. The van der Waals surface area contributed by atoms with E-state index in [-0.39, 0.29) is 31.7 Å². The maximum atomic E-state index is 14.1. The Hall–Kier alpha value is -3.57. The van der Waals surface area contributed by atoms with Gasteiger partial charge >= 0.3 is 6.09 Å². The molecule has 41 heavy (non-hydrogen) atoms. The molecular formula is C29H39ClN6O5. The van der Waals surface area contributed by atoms with E-state index in [9.17, 15) is 14.7 Å². The number of carbonyl (C=O) groups is 2. The Balaban J connectivity index is 1.54. The number of rotatable bonds is 9. The predicted octanol–water partition coefficient (Wildman–Crippen LogP) is 4.06. The molecule has 1 atom stereocenters. The first kappa shape index (κ1) is 30.4. The highest BCUT2D eigenvalue weighted by atomic mass is 35.5. The third kappa shape index (κ3) is 7.39. The molecule has 11 nitrogen and oxygen atoms in total. The second-order valence-electron chi connectivity index (χ2n) is 11.3. The maximum absolute atomic E-state index is 14.1. The molecule has 4 rings (SSSR count). The topological polar surface area (TPSA) is 124 Å². The van der Waals surface area contributed by atoms with E-state index >= 15 is 0 Å². The molecule has 2 N–H and O–H groups in total. The number of hydrogen-bond donors (Lipinski definition) is 2. The van der Waals surface area contributed by atoms with Crippen molar-refractivity contribution in [3.8, 4) is 5.88 Å². The van der Waals surface area contributed by atoms with Crippen molar-refractivity contribution in [2.75, 3.05) is 50.8 Å². The summed E-state index contributed by atoms with van der Waals surface area (Å²) in [4.78, 5) is 37.2. The molecule has 1 saturated heterocycles. The number of aliphatic hydroxyl groups excluding tert-OH is 1. The number of halogens is 1. The van der Waals surface area contributed by atoms with E-state index in [1.54, 1.807) is 23.2 Å². The number of hydrogen-bond acceptors (Lipinski definition) is 8. The average Bonchev–Trinajstić information content (AvgIpc) is 3.35. The zero-order chi connectivity index (χ0) is 29.7. The van der Waals surface area contributed by atoms with Crippen molar-refractivity contribution in [1.82, 2.24) is 25.0 Å². The molecule has 3 heterocycles. The highest BCUT2D eigenvalue weighted by molar-refractivity contribution is 6.30. The van der Waals surface area contributed by atoms with Crippen LogP contribution in [0.25, 0.3) is 11.0 Å². The minimum atomic E-state index is -0.656. The van der Waals surface area contributed by atoms with Gasteiger partial charge in [-0.1, -0.05) is 23.7 Å². The number of H-pyrrole nitrogens is 1. The van der Waals surface area contributed by atoms with Crippen LogP contribution < -0.4 is 9.64 Å². The number of benzene rings is 1. The Morgan fingerprint density at radius 1 is 1.12 bits per heavy atom. The number of amides is 2. The standard InChI is InChI=1S/C29H39ClN6O5/c1-19(2)36(28(39)41-29(3,4)5)18-22(20-6-8-21(30)9-7-20)27(38)35-14-12-34(13-15-35)23-10-11-31-25-24(23)26(33-32-25)40-17-16-37/h6-11,19,22,37H,12-18H2,1-5H3,(H,31,32,33)/t22-/m1/s1. The van der Waals surface area contributed by atoms with Gasteiger partial charge in [-0.15, -0.1) is 5.10 Å². The normalized spacial score (nSPS) is 14.8. The third-order valence-electron chi connectivity index (χ3n) is 6.87. The van der Waals surface area contributed by atoms with Crippen LogP contribution in [0.4, 0.5) is 10.5 Å². The number of pyridine rings is 1. The zero-order valence-corrected chi connectivity index (χ0v) is 25.0. The Bertz CT molecular complexity index is 1330. The summed E-state index contributed by atoms with van der Waals surface area (Å²) in [5.41, 5.74) is 1.62. The van der Waals surface area contributed by atoms with E-state index in [1.165, 1.54) is 0 Å². The fraction of sp³-hybridized carbons (Fsp3) is 0.517. The second kappa shape index (κ2) is 12.9. The Labute approximate surface area is 245 Å². The lowest BCUT2D eigenvalue weighted by Crippen LogP contribution is -2.52. The molecule has 0 aliphatic carbocycles. The molecule has 1 aliphatic rings. The van der Waals surface area contributed by atoms with E-state index in [1.807, 2.05) is 57.7 Å². The number of aromatic amines is 1. The van der Waals surface area contributed by atoms with Crippen LogP contribution in [0.3, 0.4) is 0 Å². The number of fused-ring (bicyclic) bond motifs is 1. The van der Waals surface area contributed by atoms with Crippen molar-refractivity contribution in [2.24, 2.45) is 0 Å². The molecule has 1 fully saturated rings. The van der Waals surface area contributed by atoms with Gasteiger partial charge in [0, 0.05) is 50.0 Å². The van der Waals surface area contributed by atoms with Crippen LogP contribution in [-0.2, 0) is 9.53 Å². The van der Waals surface area contributed by atoms with Crippen LogP contribution in [-0.4, -0.2) is 99.7 Å². The van der Waals surface area contributed by atoms with E-state index in [4.69, 9.17) is 21.1 Å². The predicted molar refractivity (Wildman–Crippen MR) is 158 cm³/mol. The summed E-state index contributed by atoms with van der Waals surface area (Å²) in [6.45, 7) is 11.6. The van der Waals surface area contributed by atoms with E-state index in [0.29, 0.717) is 42.7 Å². The molecule has 222 valence electrons. The van der Waals surface area contributed by atoms with Gasteiger partial charge in [-0.05, 0) is 58.4 Å². The summed E-state index contributed by atoms with van der Waals surface area (Å²) in [7, 11) is 0. The molecule has 0 saturated carbocycles. The number of piperazine rings is 1. The first-order valence-electron chi connectivity index (χ1n) is 13.8. The monoisotopic (exact) mass is 586 g/mol. The zero-order valence-electron chi connectivity index (χ0n) is 24.3. The molecule has 0 bridgehead atoms. The number of nitrogens with one attached hydrogen (secondary N) is 1. The van der Waals surface area contributed by atoms with E-state index in [2.05, 4.69) is 20.1 Å². The number of carbonyl (C=O) groups excluding carboxylic acids is 2. The van der Waals surface area contributed by atoms with Crippen molar-refractivity contribution in [3.05, 3.63) is 47.1 Å². The fourth-order valence-electron chi connectivity index (χ4n) is 4.84. The van der Waals surface area contributed by atoms with Crippen molar-refractivity contribution in [1.29, 1.82) is 0 Å². The van der Waals surface area contributed by atoms with Gasteiger partial charge in [-0.2, -0.15) is 0 Å². The summed E-state index contributed by atoms with van der Waals surface area (Å²) in [6.07, 6.45) is 1.25. The lowest BCUT2D eigenvalue weighted by Gasteiger charge is -2.39. The molecule has 3 aromatic rings. The quantitative estimate of drug-likeness (QED) is 0.385. The fourth-order valence-corrected chi connectivity index (χ4v) is 4.97. The highest BCUT2D eigenvalue weighted by Gasteiger charge is 2.34. The molecule has 12 heteroatoms. The van der Waals surface area contributed by atoms with Crippen LogP contribution >= 0.6 is 11.6 Å². The van der Waals surface area contributed by atoms with Crippen LogP contribution in [0.1, 0.15) is 46.1 Å². The van der Waals surface area contributed by atoms with Gasteiger partial charge in [0.1, 0.15) is 17.6 Å². The number of ether oxygens (including phenoxy) is 2. The van der Waals surface area contributed by atoms with Gasteiger partial charge in [0.15, 0.2) is 5.65 Å². The molecule has 0 radical (unpaired) electrons. The summed E-state index contributed by atoms with van der Waals surface area (Å²) >= 11 is 6.15. The number of aromatic nitrogens is 3. The maximum Gasteiger partial charge on any atom is 0.410 e. The van der Waals surface area contributed by atoms with Gasteiger partial charge in [-0.3, -0.25) is 9.89 Å². The van der Waals surface area contributed by atoms with E-state index in [0.717, 1.165) is 16.6 Å². The van der Waals surface area contributed by atoms with E-state index < -0.39 is 17.6 Å². The minimum absolute atomic E-state index is 0.0589. The molecule has 2 aromatic heterocycles. The number of anilines is 1. The van der Waals surface area contributed by atoms with Gasteiger partial charge in [0.2, 0.25) is 11.8 Å². The first-order valence-corrected chi connectivity index (χ1v) is 14.2. The second-order valence-corrected chi connectivity index (χ2v) is 11.7. The van der Waals surface area contributed by atoms with Crippen LogP contribution in [0, 0.1) is 0 Å². The largest absolute Gasteiger partial charge is 0.474 e. The Kier molecular flexibility index (Phi) is 9.60. The van der Waals surface area contributed by atoms with Crippen LogP contribution in [0.15, 0.2) is 36.5 Å². The van der Waals surface area contributed by atoms with Gasteiger partial charge in [0.25, 0.3) is 0 Å². The molecule has 2 amide bonds. The lowest BCUT2D eigenvalue weighted by molar-refractivity contribution is -0.133. The Morgan fingerprint density at radius 2 is 1.80 bits per heavy atom. The molecule has 0 unspecified atom stereocenters. The molecule has 1 aromatic carbocycles. The molecular weight excluding hydrogens is 548 g/mol. The molecule has 0 spiro atoms. The summed E-state index contributed by atoms with van der Waals surface area (Å²) in [6, 6.07) is 8.94. The smallest absolute Gasteiger partial charge is 0.410 e. The summed E-state index contributed by atoms with van der Waals surface area (Å²) in [5.74, 6) is -0.264. The van der Waals surface area contributed by atoms with Crippen molar-refractivity contribution in [3.63, 3.8) is 0 Å². The SMILES string of the molecule is CC(C)N(C[C@@H](C(=O)N1CCN(c2ccnc3[nH]nc(OCCO)c23)CC1)c1ccc(Cl)cc1)C(=O)OC(C)(C)C. The van der Waals surface area contributed by atoms with Crippen molar-refractivity contribution >= 4 is 40.3 Å². The van der Waals surface area contributed by atoms with Gasteiger partial charge < -0.3 is 29.3 Å². The molecule has 1 aliphatic heterocycles. The van der Waals surface area contributed by atoms with Crippen LogP contribution in [0.2, 0.25) is 5.02 Å². The van der Waals surface area contributed by atoms with Crippen LogP contribution in [0.5, 0.6) is 5.88 Å². The first-order chi connectivity index (χ1) is 19.5. The van der Waals surface area contributed by atoms with Gasteiger partial charge in [0.05, 0.1) is 18.2 Å². The Morgan fingerprint density at radius 3 is 2.41 bits per heavy atom. The lowest BCUT2D eigenvalue weighted by atomic mass is 9.96. The third-order valence-corrected chi connectivity index (χ3v) is 7.12. The highest BCUT2D eigenvalue weighted by Crippen LogP contribution is 2.33. The number of nitrogens with zero attached hydrogens (tertiary/aromatic N) is 5. The van der Waals surface area contributed by atoms with Crippen molar-refractivity contribution < 1.29 is 24.2 Å². The van der Waals surface area contributed by atoms with Gasteiger partial charge in [-0.25, -0.2) is 9.78 Å². The summed E-state index contributed by atoms with van der Waals surface area (Å²) in [5, 5.41) is 17.6. The van der Waals surface area contributed by atoms with Crippen molar-refractivity contribution in [2.45, 2.75) is 52.2 Å². The minimum Gasteiger partial charge on any atom is -0.474 e. The summed E-state index contributed by atoms with van der Waals surface area (Å²) < 4.78 is 11.3. The number of aliphatic hydroxyl groups is 1.